The lowest BCUT2D eigenvalue weighted by molar-refractivity contribution is 0.142. The molecule has 1 fully saturated rings. The van der Waals surface area contributed by atoms with Gasteiger partial charge in [-0.05, 0) is 45.2 Å². The van der Waals surface area contributed by atoms with Crippen LogP contribution in [0.1, 0.15) is 30.9 Å². The van der Waals surface area contributed by atoms with Crippen molar-refractivity contribution in [2.24, 2.45) is 0 Å². The molecule has 0 bridgehead atoms. The average Bonchev–Trinajstić information content (AvgIpc) is 2.47. The number of rotatable bonds is 4. The summed E-state index contributed by atoms with van der Waals surface area (Å²) in [6, 6.07) is 5.11. The summed E-state index contributed by atoms with van der Waals surface area (Å²) in [4.78, 5) is 11.9. The van der Waals surface area contributed by atoms with Crippen LogP contribution in [-0.4, -0.2) is 44.6 Å². The number of benzene rings is 1. The predicted octanol–water partition coefficient (Wildman–Crippen LogP) is 2.20. The van der Waals surface area contributed by atoms with E-state index in [1.165, 1.54) is 4.31 Å². The SMILES string of the molecule is CCOC(=O)NC1CCCN(S(=O)(=O)c2ccc(C)cc2C)C1. The number of amides is 1. The number of carbonyl (C=O) groups excluding carboxylic acids is 1. The Morgan fingerprint density at radius 1 is 1.39 bits per heavy atom. The molecule has 1 unspecified atom stereocenters. The molecule has 1 N–H and O–H groups in total. The Hall–Kier alpha value is -1.60. The van der Waals surface area contributed by atoms with Crippen LogP contribution in [0.3, 0.4) is 0 Å². The Labute approximate surface area is 137 Å². The highest BCUT2D eigenvalue weighted by atomic mass is 32.2. The zero-order valence-electron chi connectivity index (χ0n) is 13.8. The van der Waals surface area contributed by atoms with Gasteiger partial charge in [-0.2, -0.15) is 4.31 Å². The molecule has 1 aromatic carbocycles. The van der Waals surface area contributed by atoms with Crippen molar-refractivity contribution in [2.45, 2.75) is 44.6 Å². The molecule has 1 heterocycles. The van der Waals surface area contributed by atoms with Crippen molar-refractivity contribution >= 4 is 16.1 Å². The van der Waals surface area contributed by atoms with Gasteiger partial charge in [0.2, 0.25) is 10.0 Å². The second kappa shape index (κ2) is 7.31. The summed E-state index contributed by atoms with van der Waals surface area (Å²) in [7, 11) is -3.55. The lowest BCUT2D eigenvalue weighted by Gasteiger charge is -2.32. The second-order valence-electron chi connectivity index (χ2n) is 5.84. The van der Waals surface area contributed by atoms with Crippen LogP contribution >= 0.6 is 0 Å². The van der Waals surface area contributed by atoms with Crippen LogP contribution in [0.5, 0.6) is 0 Å². The maximum Gasteiger partial charge on any atom is 0.407 e. The van der Waals surface area contributed by atoms with Gasteiger partial charge in [-0.25, -0.2) is 13.2 Å². The number of alkyl carbamates (subject to hydrolysis) is 1. The largest absolute Gasteiger partial charge is 0.450 e. The number of piperidine rings is 1. The lowest BCUT2D eigenvalue weighted by atomic mass is 10.1. The highest BCUT2D eigenvalue weighted by Crippen LogP contribution is 2.24. The van der Waals surface area contributed by atoms with Crippen molar-refractivity contribution in [2.75, 3.05) is 19.7 Å². The van der Waals surface area contributed by atoms with Crippen LogP contribution < -0.4 is 5.32 Å². The fourth-order valence-corrected chi connectivity index (χ4v) is 4.58. The Balaban J connectivity index is 2.14. The molecule has 2 rings (SSSR count). The van der Waals surface area contributed by atoms with Gasteiger partial charge in [0.15, 0.2) is 0 Å². The molecule has 0 saturated carbocycles. The molecule has 1 aromatic rings. The van der Waals surface area contributed by atoms with Crippen LogP contribution in [-0.2, 0) is 14.8 Å². The Kier molecular flexibility index (Phi) is 5.64. The standard InChI is InChI=1S/C16H24N2O4S/c1-4-22-16(19)17-14-6-5-9-18(11-14)23(20,21)15-8-7-12(2)10-13(15)3/h7-8,10,14H,4-6,9,11H2,1-3H3,(H,17,19). The first-order chi connectivity index (χ1) is 10.8. The van der Waals surface area contributed by atoms with Gasteiger partial charge in [0.25, 0.3) is 0 Å². The predicted molar refractivity (Wildman–Crippen MR) is 87.9 cm³/mol. The van der Waals surface area contributed by atoms with Gasteiger partial charge in [0.05, 0.1) is 11.5 Å². The number of hydrogen-bond donors (Lipinski definition) is 1. The lowest BCUT2D eigenvalue weighted by Crippen LogP contribution is -2.49. The number of aryl methyl sites for hydroxylation is 2. The summed E-state index contributed by atoms with van der Waals surface area (Å²) in [5.74, 6) is 0. The number of hydrogen-bond acceptors (Lipinski definition) is 4. The van der Waals surface area contributed by atoms with Crippen molar-refractivity contribution in [3.8, 4) is 0 Å². The maximum atomic E-state index is 12.9. The van der Waals surface area contributed by atoms with E-state index in [0.29, 0.717) is 24.5 Å². The van der Waals surface area contributed by atoms with E-state index in [0.717, 1.165) is 17.5 Å². The zero-order valence-corrected chi connectivity index (χ0v) is 14.6. The van der Waals surface area contributed by atoms with Gasteiger partial charge >= 0.3 is 6.09 Å². The Morgan fingerprint density at radius 3 is 2.78 bits per heavy atom. The average molecular weight is 340 g/mol. The number of nitrogens with one attached hydrogen (secondary N) is 1. The third kappa shape index (κ3) is 4.23. The van der Waals surface area contributed by atoms with Crippen LogP contribution in [0, 0.1) is 13.8 Å². The minimum absolute atomic E-state index is 0.219. The molecule has 1 saturated heterocycles. The van der Waals surface area contributed by atoms with Crippen molar-refractivity contribution in [1.82, 2.24) is 9.62 Å². The Bertz CT molecular complexity index is 673. The smallest absolute Gasteiger partial charge is 0.407 e. The van der Waals surface area contributed by atoms with E-state index in [1.54, 1.807) is 26.0 Å². The van der Waals surface area contributed by atoms with E-state index in [4.69, 9.17) is 4.74 Å². The van der Waals surface area contributed by atoms with Gasteiger partial charge in [0, 0.05) is 19.1 Å². The minimum Gasteiger partial charge on any atom is -0.450 e. The summed E-state index contributed by atoms with van der Waals surface area (Å²) in [6.07, 6.45) is 0.960. The van der Waals surface area contributed by atoms with E-state index in [2.05, 4.69) is 5.32 Å². The van der Waals surface area contributed by atoms with E-state index in [-0.39, 0.29) is 12.6 Å². The number of sulfonamides is 1. The molecule has 0 spiro atoms. The summed E-state index contributed by atoms with van der Waals surface area (Å²) >= 11 is 0. The van der Waals surface area contributed by atoms with E-state index < -0.39 is 16.1 Å². The molecule has 6 nitrogen and oxygen atoms in total. The minimum atomic E-state index is -3.55. The molecule has 0 aliphatic carbocycles. The van der Waals surface area contributed by atoms with Crippen LogP contribution in [0.2, 0.25) is 0 Å². The van der Waals surface area contributed by atoms with Crippen LogP contribution in [0.25, 0.3) is 0 Å². The molecule has 1 atom stereocenters. The third-order valence-electron chi connectivity index (χ3n) is 3.93. The number of nitrogens with zero attached hydrogens (tertiary/aromatic N) is 1. The highest BCUT2D eigenvalue weighted by molar-refractivity contribution is 7.89. The van der Waals surface area contributed by atoms with Crippen molar-refractivity contribution < 1.29 is 17.9 Å². The van der Waals surface area contributed by atoms with E-state index in [9.17, 15) is 13.2 Å². The fraction of sp³-hybridized carbons (Fsp3) is 0.562. The topological polar surface area (TPSA) is 75.7 Å². The van der Waals surface area contributed by atoms with Gasteiger partial charge < -0.3 is 10.1 Å². The molecular weight excluding hydrogens is 316 g/mol. The third-order valence-corrected chi connectivity index (χ3v) is 5.96. The fourth-order valence-electron chi connectivity index (χ4n) is 2.85. The summed E-state index contributed by atoms with van der Waals surface area (Å²) in [6.45, 7) is 6.51. The van der Waals surface area contributed by atoms with Crippen molar-refractivity contribution in [1.29, 1.82) is 0 Å². The van der Waals surface area contributed by atoms with Crippen molar-refractivity contribution in [3.05, 3.63) is 29.3 Å². The molecule has 1 aliphatic heterocycles. The van der Waals surface area contributed by atoms with E-state index >= 15 is 0 Å². The number of ether oxygens (including phenoxy) is 1. The van der Waals surface area contributed by atoms with E-state index in [1.807, 2.05) is 13.0 Å². The summed E-state index contributed by atoms with van der Waals surface area (Å²) < 4.78 is 32.0. The van der Waals surface area contributed by atoms with Gasteiger partial charge in [-0.3, -0.25) is 0 Å². The number of carbonyl (C=O) groups is 1. The van der Waals surface area contributed by atoms with Crippen molar-refractivity contribution in [3.63, 3.8) is 0 Å². The summed E-state index contributed by atoms with van der Waals surface area (Å²) in [5.41, 5.74) is 1.77. The molecule has 0 aromatic heterocycles. The highest BCUT2D eigenvalue weighted by Gasteiger charge is 2.31. The first-order valence-electron chi connectivity index (χ1n) is 7.85. The maximum absolute atomic E-state index is 12.9. The van der Waals surface area contributed by atoms with Gasteiger partial charge in [0.1, 0.15) is 0 Å². The zero-order chi connectivity index (χ0) is 17.0. The molecule has 1 amide bonds. The first-order valence-corrected chi connectivity index (χ1v) is 9.29. The van der Waals surface area contributed by atoms with Crippen LogP contribution in [0.4, 0.5) is 4.79 Å². The Morgan fingerprint density at radius 2 is 2.13 bits per heavy atom. The van der Waals surface area contributed by atoms with Gasteiger partial charge in [-0.15, -0.1) is 0 Å². The summed E-state index contributed by atoms with van der Waals surface area (Å²) in [5, 5.41) is 2.73. The molecular formula is C16H24N2O4S. The second-order valence-corrected chi connectivity index (χ2v) is 7.74. The molecule has 0 radical (unpaired) electrons. The quantitative estimate of drug-likeness (QED) is 0.912. The molecule has 23 heavy (non-hydrogen) atoms. The normalized spacial score (nSPS) is 19.3. The van der Waals surface area contributed by atoms with Gasteiger partial charge in [-0.1, -0.05) is 17.7 Å². The molecule has 1 aliphatic rings. The molecule has 7 heteroatoms. The monoisotopic (exact) mass is 340 g/mol. The first kappa shape index (κ1) is 17.7. The molecule has 128 valence electrons. The van der Waals surface area contributed by atoms with Crippen LogP contribution in [0.15, 0.2) is 23.1 Å².